The van der Waals surface area contributed by atoms with Crippen LogP contribution in [0.25, 0.3) is 0 Å². The lowest BCUT2D eigenvalue weighted by molar-refractivity contribution is 0.314. The molecule has 0 aromatic heterocycles. The van der Waals surface area contributed by atoms with Gasteiger partial charge in [0.1, 0.15) is 5.84 Å². The van der Waals surface area contributed by atoms with Gasteiger partial charge in [-0.3, -0.25) is 0 Å². The van der Waals surface area contributed by atoms with Gasteiger partial charge in [-0.25, -0.2) is 0 Å². The Kier molecular flexibility index (Phi) is 3.38. The minimum atomic E-state index is 0.329. The molecule has 0 radical (unpaired) electrons. The lowest BCUT2D eigenvalue weighted by Gasteiger charge is -2.21. The molecule has 2 fully saturated rings. The normalized spacial score (nSPS) is 25.4. The summed E-state index contributed by atoms with van der Waals surface area (Å²) >= 11 is 0. The van der Waals surface area contributed by atoms with Crippen LogP contribution in [0.4, 0.5) is 0 Å². The number of nitrogens with one attached hydrogen (secondary N) is 1. The van der Waals surface area contributed by atoms with Gasteiger partial charge < -0.3 is 16.3 Å². The second-order valence-corrected chi connectivity index (χ2v) is 5.42. The van der Waals surface area contributed by atoms with E-state index in [1.807, 2.05) is 0 Å². The first-order chi connectivity index (χ1) is 7.70. The van der Waals surface area contributed by atoms with Crippen LogP contribution in [-0.4, -0.2) is 23.6 Å². The lowest BCUT2D eigenvalue weighted by Crippen LogP contribution is -2.37. The lowest BCUT2D eigenvalue weighted by atomic mass is 9.99. The van der Waals surface area contributed by atoms with Crippen molar-refractivity contribution in [3.05, 3.63) is 0 Å². The summed E-state index contributed by atoms with van der Waals surface area (Å²) < 4.78 is 0. The summed E-state index contributed by atoms with van der Waals surface area (Å²) in [5.41, 5.74) is 6.16. The van der Waals surface area contributed by atoms with E-state index in [9.17, 15) is 0 Å². The highest BCUT2D eigenvalue weighted by Crippen LogP contribution is 2.60. The van der Waals surface area contributed by atoms with Crippen molar-refractivity contribution in [2.45, 2.75) is 51.5 Å². The molecule has 2 saturated carbocycles. The number of nitrogens with zero attached hydrogens (tertiary/aromatic N) is 1. The first-order valence-corrected chi connectivity index (χ1v) is 6.40. The molecule has 16 heavy (non-hydrogen) atoms. The minimum Gasteiger partial charge on any atom is -0.409 e. The van der Waals surface area contributed by atoms with Crippen molar-refractivity contribution in [2.75, 3.05) is 6.54 Å². The maximum atomic E-state index is 8.55. The van der Waals surface area contributed by atoms with Crippen molar-refractivity contribution in [2.24, 2.45) is 22.2 Å². The fourth-order valence-corrected chi connectivity index (χ4v) is 2.59. The summed E-state index contributed by atoms with van der Waals surface area (Å²) in [6.07, 6.45) is 7.32. The van der Waals surface area contributed by atoms with E-state index in [4.69, 9.17) is 10.9 Å². The number of hydrogen-bond acceptors (Lipinski definition) is 3. The van der Waals surface area contributed by atoms with E-state index < -0.39 is 0 Å². The third-order valence-corrected chi connectivity index (χ3v) is 4.16. The highest BCUT2D eigenvalue weighted by Gasteiger charge is 2.53. The van der Waals surface area contributed by atoms with E-state index in [0.717, 1.165) is 18.9 Å². The summed E-state index contributed by atoms with van der Waals surface area (Å²) in [7, 11) is 0. The van der Waals surface area contributed by atoms with Crippen molar-refractivity contribution < 1.29 is 5.21 Å². The maximum Gasteiger partial charge on any atom is 0.140 e. The topological polar surface area (TPSA) is 70.6 Å². The highest BCUT2D eigenvalue weighted by molar-refractivity contribution is 5.80. The van der Waals surface area contributed by atoms with Crippen LogP contribution in [0.2, 0.25) is 0 Å². The van der Waals surface area contributed by atoms with E-state index in [1.165, 1.54) is 25.7 Å². The van der Waals surface area contributed by atoms with Crippen molar-refractivity contribution in [1.29, 1.82) is 0 Å². The molecular weight excluding hydrogens is 202 g/mol. The quantitative estimate of drug-likeness (QED) is 0.267. The number of amidine groups is 1. The standard InChI is InChI=1S/C12H23N3O/c1-2-10(7-11(13)15-16)14-8-12(5-6-12)9-3-4-9/h9-10,14,16H,2-8H2,1H3,(H2,13,15). The van der Waals surface area contributed by atoms with Gasteiger partial charge in [0.25, 0.3) is 0 Å². The summed E-state index contributed by atoms with van der Waals surface area (Å²) in [4.78, 5) is 0. The van der Waals surface area contributed by atoms with Gasteiger partial charge in [-0.05, 0) is 43.4 Å². The molecule has 4 heteroatoms. The van der Waals surface area contributed by atoms with Crippen molar-refractivity contribution in [3.63, 3.8) is 0 Å². The molecule has 2 aliphatic carbocycles. The van der Waals surface area contributed by atoms with E-state index in [-0.39, 0.29) is 0 Å². The zero-order chi connectivity index (χ0) is 11.6. The van der Waals surface area contributed by atoms with Crippen LogP contribution in [0.15, 0.2) is 5.16 Å². The van der Waals surface area contributed by atoms with E-state index in [0.29, 0.717) is 23.7 Å². The van der Waals surface area contributed by atoms with Crippen LogP contribution in [0, 0.1) is 11.3 Å². The van der Waals surface area contributed by atoms with Gasteiger partial charge in [0.05, 0.1) is 0 Å². The van der Waals surface area contributed by atoms with Gasteiger partial charge in [-0.2, -0.15) is 0 Å². The Morgan fingerprint density at radius 3 is 2.69 bits per heavy atom. The summed E-state index contributed by atoms with van der Waals surface area (Å²) in [5.74, 6) is 1.32. The molecule has 1 atom stereocenters. The third kappa shape index (κ3) is 2.67. The molecule has 2 aliphatic rings. The third-order valence-electron chi connectivity index (χ3n) is 4.16. The molecule has 0 aromatic rings. The largest absolute Gasteiger partial charge is 0.409 e. The number of rotatable bonds is 7. The van der Waals surface area contributed by atoms with Gasteiger partial charge in [0.15, 0.2) is 0 Å². The van der Waals surface area contributed by atoms with Gasteiger partial charge in [-0.1, -0.05) is 12.1 Å². The molecule has 92 valence electrons. The maximum absolute atomic E-state index is 8.55. The van der Waals surface area contributed by atoms with Crippen LogP contribution in [0.5, 0.6) is 0 Å². The first-order valence-electron chi connectivity index (χ1n) is 6.40. The van der Waals surface area contributed by atoms with Gasteiger partial charge in [0, 0.05) is 19.0 Å². The molecule has 0 spiro atoms. The molecule has 0 heterocycles. The SMILES string of the molecule is CCC(CC(N)=NO)NCC1(C2CC2)CC1. The zero-order valence-electron chi connectivity index (χ0n) is 10.1. The van der Waals surface area contributed by atoms with Crippen LogP contribution < -0.4 is 11.1 Å². The Morgan fingerprint density at radius 2 is 2.25 bits per heavy atom. The van der Waals surface area contributed by atoms with E-state index in [2.05, 4.69) is 17.4 Å². The second-order valence-electron chi connectivity index (χ2n) is 5.42. The molecule has 0 amide bonds. The highest BCUT2D eigenvalue weighted by atomic mass is 16.4. The molecule has 4 nitrogen and oxygen atoms in total. The van der Waals surface area contributed by atoms with Gasteiger partial charge >= 0.3 is 0 Å². The minimum absolute atomic E-state index is 0.329. The molecule has 0 saturated heterocycles. The molecule has 1 unspecified atom stereocenters. The van der Waals surface area contributed by atoms with Crippen LogP contribution in [0.3, 0.4) is 0 Å². The average molecular weight is 225 g/mol. The Hall–Kier alpha value is -0.770. The molecule has 0 aliphatic heterocycles. The number of nitrogens with two attached hydrogens (primary N) is 1. The fraction of sp³-hybridized carbons (Fsp3) is 0.917. The van der Waals surface area contributed by atoms with E-state index >= 15 is 0 Å². The fourth-order valence-electron chi connectivity index (χ4n) is 2.59. The summed E-state index contributed by atoms with van der Waals surface area (Å²) in [6, 6.07) is 0.354. The van der Waals surface area contributed by atoms with Gasteiger partial charge in [0.2, 0.25) is 0 Å². The number of hydrogen-bond donors (Lipinski definition) is 3. The van der Waals surface area contributed by atoms with Crippen LogP contribution in [-0.2, 0) is 0 Å². The van der Waals surface area contributed by atoms with Crippen LogP contribution >= 0.6 is 0 Å². The summed E-state index contributed by atoms with van der Waals surface area (Å²) in [6.45, 7) is 3.26. The van der Waals surface area contributed by atoms with Crippen molar-refractivity contribution in [3.8, 4) is 0 Å². The Balaban J connectivity index is 1.74. The first kappa shape index (κ1) is 11.7. The molecule has 0 bridgehead atoms. The predicted octanol–water partition coefficient (Wildman–Crippen LogP) is 1.68. The van der Waals surface area contributed by atoms with Gasteiger partial charge in [-0.15, -0.1) is 0 Å². The van der Waals surface area contributed by atoms with Crippen LogP contribution in [0.1, 0.15) is 45.4 Å². The monoisotopic (exact) mass is 225 g/mol. The molecule has 4 N–H and O–H groups in total. The molecule has 2 rings (SSSR count). The Labute approximate surface area is 97.3 Å². The van der Waals surface area contributed by atoms with Crippen molar-refractivity contribution in [1.82, 2.24) is 5.32 Å². The van der Waals surface area contributed by atoms with E-state index in [1.54, 1.807) is 0 Å². The van der Waals surface area contributed by atoms with Crippen molar-refractivity contribution >= 4 is 5.84 Å². The Bertz CT molecular complexity index is 269. The Morgan fingerprint density at radius 1 is 1.56 bits per heavy atom. The summed E-state index contributed by atoms with van der Waals surface area (Å²) in [5, 5.41) is 15.2. The number of oxime groups is 1. The smallest absolute Gasteiger partial charge is 0.140 e. The second kappa shape index (κ2) is 4.62. The molecular formula is C12H23N3O. The zero-order valence-corrected chi connectivity index (χ0v) is 10.1. The molecule has 0 aromatic carbocycles. The average Bonchev–Trinajstić information content (AvgIpc) is 3.16. The predicted molar refractivity (Wildman–Crippen MR) is 64.5 cm³/mol.